The van der Waals surface area contributed by atoms with Crippen LogP contribution in [0.3, 0.4) is 0 Å². The Balaban J connectivity index is 1.45. The molecule has 0 radical (unpaired) electrons. The second-order valence-corrected chi connectivity index (χ2v) is 13.1. The smallest absolute Gasteiger partial charge is 0.182 e. The van der Waals surface area contributed by atoms with Crippen LogP contribution in [-0.4, -0.2) is 52.4 Å². The molecule has 3 saturated carbocycles. The molecule has 1 spiro atoms. The summed E-state index contributed by atoms with van der Waals surface area (Å²) in [6.45, 7) is 12.1. The predicted octanol–water partition coefficient (Wildman–Crippen LogP) is 4.71. The Morgan fingerprint density at radius 3 is 2.47 bits per heavy atom. The summed E-state index contributed by atoms with van der Waals surface area (Å²) in [5.41, 5.74) is -0.961. The highest BCUT2D eigenvalue weighted by molar-refractivity contribution is 6.29. The van der Waals surface area contributed by atoms with Crippen LogP contribution in [0.25, 0.3) is 0 Å². The normalized spacial score (nSPS) is 52.2. The van der Waals surface area contributed by atoms with Gasteiger partial charge in [0.25, 0.3) is 0 Å². The average molecular weight is 493 g/mol. The second kappa shape index (κ2) is 6.74. The van der Waals surface area contributed by atoms with Gasteiger partial charge in [-0.05, 0) is 71.6 Å². The Kier molecular flexibility index (Phi) is 4.68. The van der Waals surface area contributed by atoms with Gasteiger partial charge < -0.3 is 18.9 Å². The molecule has 6 aliphatic rings. The van der Waals surface area contributed by atoms with Gasteiger partial charge >= 0.3 is 0 Å². The number of fused-ring (bicyclic) bond motifs is 6. The molecule has 4 aliphatic carbocycles. The fourth-order valence-corrected chi connectivity index (χ4v) is 9.37. The molecule has 8 unspecified atom stereocenters. The van der Waals surface area contributed by atoms with E-state index in [0.29, 0.717) is 6.42 Å². The monoisotopic (exact) mass is 492 g/mol. The molecule has 5 fully saturated rings. The van der Waals surface area contributed by atoms with Gasteiger partial charge in [0, 0.05) is 17.3 Å². The second-order valence-electron chi connectivity index (χ2n) is 12.9. The van der Waals surface area contributed by atoms with Gasteiger partial charge in [-0.25, -0.2) is 0 Å². The number of alkyl halides is 1. The molecule has 7 heteroatoms. The van der Waals surface area contributed by atoms with Gasteiger partial charge in [0.05, 0.1) is 12.0 Å². The van der Waals surface area contributed by atoms with Crippen LogP contribution in [0.4, 0.5) is 0 Å². The fourth-order valence-electron chi connectivity index (χ4n) is 9.17. The molecule has 2 heterocycles. The summed E-state index contributed by atoms with van der Waals surface area (Å²) < 4.78 is 25.8. The highest BCUT2D eigenvalue weighted by Crippen LogP contribution is 2.71. The van der Waals surface area contributed by atoms with Crippen LogP contribution in [0.5, 0.6) is 0 Å². The van der Waals surface area contributed by atoms with E-state index in [1.165, 1.54) is 5.57 Å². The lowest BCUT2D eigenvalue weighted by Gasteiger charge is -2.61. The lowest BCUT2D eigenvalue weighted by Crippen LogP contribution is -2.65. The number of carbonyl (C=O) groups is 2. The summed E-state index contributed by atoms with van der Waals surface area (Å²) in [6.07, 6.45) is 5.97. The van der Waals surface area contributed by atoms with Crippen LogP contribution in [0, 0.1) is 22.7 Å². The summed E-state index contributed by atoms with van der Waals surface area (Å²) >= 11 is 6.17. The number of allylic oxidation sites excluding steroid dienone is 1. The molecule has 0 aromatic carbocycles. The van der Waals surface area contributed by atoms with Crippen LogP contribution in [-0.2, 0) is 28.5 Å². The van der Waals surface area contributed by atoms with Crippen molar-refractivity contribution in [1.82, 2.24) is 0 Å². The Hall–Kier alpha value is -0.790. The zero-order valence-electron chi connectivity index (χ0n) is 21.2. The maximum Gasteiger partial charge on any atom is 0.182 e. The van der Waals surface area contributed by atoms with Crippen molar-refractivity contribution in [1.29, 1.82) is 0 Å². The summed E-state index contributed by atoms with van der Waals surface area (Å²) in [4.78, 5) is 26.4. The Bertz CT molecular complexity index is 1000. The van der Waals surface area contributed by atoms with E-state index in [0.717, 1.165) is 32.1 Å². The third kappa shape index (κ3) is 2.57. The minimum atomic E-state index is -1.03. The maximum atomic E-state index is 13.4. The summed E-state index contributed by atoms with van der Waals surface area (Å²) in [5.74, 6) is -1.05. The van der Waals surface area contributed by atoms with E-state index in [-0.39, 0.29) is 40.8 Å². The van der Waals surface area contributed by atoms with Crippen molar-refractivity contribution in [2.45, 2.75) is 115 Å². The molecule has 8 atom stereocenters. The molecule has 188 valence electrons. The van der Waals surface area contributed by atoms with Crippen LogP contribution in [0.1, 0.15) is 80.1 Å². The average Bonchev–Trinajstić information content (AvgIpc) is 3.29. The van der Waals surface area contributed by atoms with Crippen molar-refractivity contribution < 1.29 is 28.5 Å². The van der Waals surface area contributed by atoms with Crippen LogP contribution < -0.4 is 0 Å². The SMILES string of the molecule is CC1(C)OC2C(=O)CCC3(C)C4=CCC5(C)C(CC6OC(C)(C)OC65C(=O)CCl)C4CCC23O1. The van der Waals surface area contributed by atoms with Gasteiger partial charge in [-0.2, -0.15) is 0 Å². The van der Waals surface area contributed by atoms with Crippen LogP contribution in [0.2, 0.25) is 0 Å². The molecule has 6 rings (SSSR count). The number of carbonyl (C=O) groups excluding carboxylic acids is 2. The standard InChI is InChI=1S/C27H37ClO6/c1-22(2)31-20-13-17-15-7-12-26-21(32-23(3,4)33-26)18(29)9-11-24(26,5)16(15)8-10-25(17,6)27(20,34-22)19(30)14-28/h8,15,17,20-21H,7,9-14H2,1-6H3. The molecule has 34 heavy (non-hydrogen) atoms. The first kappa shape index (κ1) is 23.6. The number of ether oxygens (including phenoxy) is 4. The fraction of sp³-hybridized carbons (Fsp3) is 0.852. The third-order valence-corrected chi connectivity index (χ3v) is 10.6. The Morgan fingerprint density at radius 2 is 1.76 bits per heavy atom. The van der Waals surface area contributed by atoms with E-state index in [4.69, 9.17) is 30.5 Å². The van der Waals surface area contributed by atoms with Crippen molar-refractivity contribution in [3.8, 4) is 0 Å². The van der Waals surface area contributed by atoms with Gasteiger partial charge in [-0.3, -0.25) is 9.59 Å². The van der Waals surface area contributed by atoms with Crippen molar-refractivity contribution in [3.05, 3.63) is 11.6 Å². The first-order valence-electron chi connectivity index (χ1n) is 12.8. The Morgan fingerprint density at radius 1 is 1.06 bits per heavy atom. The number of rotatable bonds is 2. The maximum absolute atomic E-state index is 13.4. The molecule has 0 bridgehead atoms. The van der Waals surface area contributed by atoms with Gasteiger partial charge in [-0.15, -0.1) is 11.6 Å². The highest BCUT2D eigenvalue weighted by atomic mass is 35.5. The van der Waals surface area contributed by atoms with Gasteiger partial charge in [0.2, 0.25) is 0 Å². The third-order valence-electron chi connectivity index (χ3n) is 10.4. The summed E-state index contributed by atoms with van der Waals surface area (Å²) in [6, 6.07) is 0. The first-order chi connectivity index (χ1) is 15.8. The topological polar surface area (TPSA) is 71.1 Å². The quantitative estimate of drug-likeness (QED) is 0.410. The van der Waals surface area contributed by atoms with E-state index in [1.807, 2.05) is 27.7 Å². The van der Waals surface area contributed by atoms with E-state index < -0.39 is 34.3 Å². The lowest BCUT2D eigenvalue weighted by atomic mass is 9.46. The number of Topliss-reactive ketones (excluding diaryl/α,β-unsaturated/α-hetero) is 2. The minimum Gasteiger partial charge on any atom is -0.344 e. The molecule has 0 aromatic heterocycles. The molecule has 0 amide bonds. The zero-order chi connectivity index (χ0) is 24.5. The van der Waals surface area contributed by atoms with E-state index in [1.54, 1.807) is 0 Å². The van der Waals surface area contributed by atoms with E-state index in [2.05, 4.69) is 19.9 Å². The van der Waals surface area contributed by atoms with Gasteiger partial charge in [0.1, 0.15) is 11.7 Å². The van der Waals surface area contributed by atoms with Crippen molar-refractivity contribution in [2.75, 3.05) is 5.88 Å². The number of ketones is 2. The van der Waals surface area contributed by atoms with Crippen LogP contribution in [0.15, 0.2) is 11.6 Å². The molecular formula is C27H37ClO6. The van der Waals surface area contributed by atoms with E-state index >= 15 is 0 Å². The minimum absolute atomic E-state index is 0.0670. The molecule has 0 aromatic rings. The first-order valence-corrected chi connectivity index (χ1v) is 13.4. The number of hydrogen-bond acceptors (Lipinski definition) is 6. The lowest BCUT2D eigenvalue weighted by molar-refractivity contribution is -0.212. The Labute approximate surface area is 207 Å². The van der Waals surface area contributed by atoms with Crippen molar-refractivity contribution >= 4 is 23.2 Å². The molecular weight excluding hydrogens is 456 g/mol. The molecule has 0 N–H and O–H groups in total. The zero-order valence-corrected chi connectivity index (χ0v) is 21.9. The molecule has 6 nitrogen and oxygen atoms in total. The van der Waals surface area contributed by atoms with E-state index in [9.17, 15) is 9.59 Å². The summed E-state index contributed by atoms with van der Waals surface area (Å²) in [5, 5.41) is 0. The largest absolute Gasteiger partial charge is 0.344 e. The number of halogens is 1. The van der Waals surface area contributed by atoms with Gasteiger partial charge in [0.15, 0.2) is 28.7 Å². The summed E-state index contributed by atoms with van der Waals surface area (Å²) in [7, 11) is 0. The molecule has 2 aliphatic heterocycles. The van der Waals surface area contributed by atoms with Crippen molar-refractivity contribution in [3.63, 3.8) is 0 Å². The highest BCUT2D eigenvalue weighted by Gasteiger charge is 2.77. The molecule has 2 saturated heterocycles. The predicted molar refractivity (Wildman–Crippen MR) is 125 cm³/mol. The van der Waals surface area contributed by atoms with Gasteiger partial charge in [-0.1, -0.05) is 25.5 Å². The van der Waals surface area contributed by atoms with Crippen LogP contribution >= 0.6 is 11.6 Å². The number of hydrogen-bond donors (Lipinski definition) is 0. The van der Waals surface area contributed by atoms with Crippen molar-refractivity contribution in [2.24, 2.45) is 22.7 Å².